The van der Waals surface area contributed by atoms with Crippen LogP contribution in [0.15, 0.2) is 0 Å². The second-order valence-electron chi connectivity index (χ2n) is 8.75. The smallest absolute Gasteiger partial charge is 0.000491 e. The largest absolute Gasteiger partial charge is 0.319 e. The van der Waals surface area contributed by atoms with Gasteiger partial charge in [0, 0.05) is 6.54 Å². The standard InChI is InChI=1S/C20H37N/c1-3-4-5-16-8-10-20(11-9-16,15-21-2)14-19-13-17-6-7-18(19)12-17/h16-19,21H,3-15H2,1-2H3. The van der Waals surface area contributed by atoms with Crippen molar-refractivity contribution in [3.63, 3.8) is 0 Å². The van der Waals surface area contributed by atoms with Crippen molar-refractivity contribution in [1.82, 2.24) is 5.32 Å². The van der Waals surface area contributed by atoms with Gasteiger partial charge in [0.1, 0.15) is 0 Å². The lowest BCUT2D eigenvalue weighted by Crippen LogP contribution is -2.38. The van der Waals surface area contributed by atoms with Gasteiger partial charge in [0.05, 0.1) is 0 Å². The van der Waals surface area contributed by atoms with E-state index in [1.165, 1.54) is 51.5 Å². The molecular weight excluding hydrogens is 254 g/mol. The minimum Gasteiger partial charge on any atom is -0.319 e. The highest BCUT2D eigenvalue weighted by Crippen LogP contribution is 2.54. The number of hydrogen-bond acceptors (Lipinski definition) is 1. The van der Waals surface area contributed by atoms with Crippen LogP contribution >= 0.6 is 0 Å². The van der Waals surface area contributed by atoms with Gasteiger partial charge in [-0.15, -0.1) is 0 Å². The first kappa shape index (κ1) is 15.8. The molecule has 0 amide bonds. The lowest BCUT2D eigenvalue weighted by atomic mass is 9.64. The van der Waals surface area contributed by atoms with Crippen LogP contribution in [0, 0.1) is 29.1 Å². The maximum absolute atomic E-state index is 3.55. The van der Waals surface area contributed by atoms with Crippen molar-refractivity contribution in [3.8, 4) is 0 Å². The molecule has 0 spiro atoms. The molecule has 0 aliphatic heterocycles. The van der Waals surface area contributed by atoms with Crippen molar-refractivity contribution >= 4 is 0 Å². The van der Waals surface area contributed by atoms with E-state index in [0.717, 1.165) is 23.7 Å². The Balaban J connectivity index is 1.54. The predicted molar refractivity (Wildman–Crippen MR) is 91.4 cm³/mol. The lowest BCUT2D eigenvalue weighted by Gasteiger charge is -2.43. The van der Waals surface area contributed by atoms with Crippen LogP contribution in [0.1, 0.15) is 84.0 Å². The van der Waals surface area contributed by atoms with Gasteiger partial charge in [-0.2, -0.15) is 0 Å². The van der Waals surface area contributed by atoms with Crippen LogP contribution in [-0.4, -0.2) is 13.6 Å². The van der Waals surface area contributed by atoms with Crippen molar-refractivity contribution < 1.29 is 0 Å². The molecule has 2 bridgehead atoms. The Morgan fingerprint density at radius 1 is 1.05 bits per heavy atom. The van der Waals surface area contributed by atoms with Crippen LogP contribution in [0.5, 0.6) is 0 Å². The molecule has 0 aromatic heterocycles. The molecule has 1 N–H and O–H groups in total. The Morgan fingerprint density at radius 3 is 2.43 bits per heavy atom. The molecule has 3 saturated carbocycles. The van der Waals surface area contributed by atoms with E-state index in [-0.39, 0.29) is 0 Å². The van der Waals surface area contributed by atoms with E-state index in [1.807, 2.05) is 0 Å². The minimum atomic E-state index is 0.659. The molecule has 0 saturated heterocycles. The SMILES string of the molecule is CCCCC1CCC(CNC)(CC2CC3CCC2C3)CC1. The van der Waals surface area contributed by atoms with E-state index in [1.54, 1.807) is 32.1 Å². The molecule has 3 fully saturated rings. The highest BCUT2D eigenvalue weighted by atomic mass is 14.8. The second-order valence-corrected chi connectivity index (χ2v) is 8.75. The zero-order chi connectivity index (χ0) is 14.7. The fourth-order valence-corrected chi connectivity index (χ4v) is 6.08. The molecule has 1 nitrogen and oxygen atoms in total. The first-order valence-corrected chi connectivity index (χ1v) is 9.89. The summed E-state index contributed by atoms with van der Waals surface area (Å²) in [6.07, 6.45) is 18.2. The summed E-state index contributed by atoms with van der Waals surface area (Å²) in [4.78, 5) is 0. The van der Waals surface area contributed by atoms with Crippen molar-refractivity contribution in [1.29, 1.82) is 0 Å². The fraction of sp³-hybridized carbons (Fsp3) is 1.00. The van der Waals surface area contributed by atoms with Gasteiger partial charge in [0.15, 0.2) is 0 Å². The summed E-state index contributed by atoms with van der Waals surface area (Å²) in [5.41, 5.74) is 0.659. The molecule has 0 aromatic carbocycles. The van der Waals surface area contributed by atoms with Crippen LogP contribution in [0.4, 0.5) is 0 Å². The third kappa shape index (κ3) is 3.66. The third-order valence-electron chi connectivity index (χ3n) is 7.26. The number of nitrogens with one attached hydrogen (secondary N) is 1. The Bertz CT molecular complexity index is 316. The molecule has 3 unspecified atom stereocenters. The number of fused-ring (bicyclic) bond motifs is 2. The van der Waals surface area contributed by atoms with Crippen molar-refractivity contribution in [2.45, 2.75) is 84.0 Å². The second kappa shape index (κ2) is 7.02. The van der Waals surface area contributed by atoms with E-state index < -0.39 is 0 Å². The summed E-state index contributed by atoms with van der Waals surface area (Å²) in [6, 6.07) is 0. The van der Waals surface area contributed by atoms with E-state index in [9.17, 15) is 0 Å². The number of hydrogen-bond donors (Lipinski definition) is 1. The minimum absolute atomic E-state index is 0.659. The lowest BCUT2D eigenvalue weighted by molar-refractivity contribution is 0.0922. The number of unbranched alkanes of at least 4 members (excludes halogenated alkanes) is 1. The summed E-state index contributed by atoms with van der Waals surface area (Å²) in [6.45, 7) is 3.62. The summed E-state index contributed by atoms with van der Waals surface area (Å²) < 4.78 is 0. The van der Waals surface area contributed by atoms with Crippen LogP contribution in [0.3, 0.4) is 0 Å². The molecule has 3 atom stereocenters. The predicted octanol–water partition coefficient (Wildman–Crippen LogP) is 5.40. The van der Waals surface area contributed by atoms with E-state index in [2.05, 4.69) is 19.3 Å². The Hall–Kier alpha value is -0.0400. The molecule has 3 aliphatic rings. The average molecular weight is 292 g/mol. The molecule has 0 radical (unpaired) electrons. The van der Waals surface area contributed by atoms with Gasteiger partial charge in [0.25, 0.3) is 0 Å². The van der Waals surface area contributed by atoms with Gasteiger partial charge < -0.3 is 5.32 Å². The summed E-state index contributed by atoms with van der Waals surface area (Å²) in [5, 5.41) is 3.55. The van der Waals surface area contributed by atoms with E-state index in [4.69, 9.17) is 0 Å². The zero-order valence-electron chi connectivity index (χ0n) is 14.5. The first-order valence-electron chi connectivity index (χ1n) is 9.89. The Kier molecular flexibility index (Phi) is 5.30. The maximum Gasteiger partial charge on any atom is 0.000491 e. The molecule has 0 heterocycles. The highest BCUT2D eigenvalue weighted by Gasteiger charge is 2.44. The molecule has 3 rings (SSSR count). The third-order valence-corrected chi connectivity index (χ3v) is 7.26. The molecule has 3 aliphatic carbocycles. The molecule has 122 valence electrons. The van der Waals surface area contributed by atoms with Crippen LogP contribution < -0.4 is 5.32 Å². The molecular formula is C20H37N. The maximum atomic E-state index is 3.55. The normalized spacial score (nSPS) is 42.6. The van der Waals surface area contributed by atoms with Crippen LogP contribution in [-0.2, 0) is 0 Å². The van der Waals surface area contributed by atoms with Gasteiger partial charge in [-0.3, -0.25) is 0 Å². The van der Waals surface area contributed by atoms with Crippen LogP contribution in [0.25, 0.3) is 0 Å². The monoisotopic (exact) mass is 291 g/mol. The number of rotatable bonds is 7. The van der Waals surface area contributed by atoms with Gasteiger partial charge >= 0.3 is 0 Å². The quantitative estimate of drug-likeness (QED) is 0.662. The van der Waals surface area contributed by atoms with Crippen molar-refractivity contribution in [2.24, 2.45) is 29.1 Å². The highest BCUT2D eigenvalue weighted by molar-refractivity contribution is 4.96. The summed E-state index contributed by atoms with van der Waals surface area (Å²) >= 11 is 0. The van der Waals surface area contributed by atoms with E-state index in [0.29, 0.717) is 5.41 Å². The van der Waals surface area contributed by atoms with Crippen molar-refractivity contribution in [3.05, 3.63) is 0 Å². The fourth-order valence-electron chi connectivity index (χ4n) is 6.08. The summed E-state index contributed by atoms with van der Waals surface area (Å²) in [5.74, 6) is 4.37. The van der Waals surface area contributed by atoms with Gasteiger partial charge in [0.2, 0.25) is 0 Å². The zero-order valence-corrected chi connectivity index (χ0v) is 14.5. The van der Waals surface area contributed by atoms with Crippen molar-refractivity contribution in [2.75, 3.05) is 13.6 Å². The van der Waals surface area contributed by atoms with Gasteiger partial charge in [-0.05, 0) is 87.5 Å². The average Bonchev–Trinajstić information content (AvgIpc) is 3.09. The first-order chi connectivity index (χ1) is 10.2. The van der Waals surface area contributed by atoms with Crippen LogP contribution in [0.2, 0.25) is 0 Å². The molecule has 21 heavy (non-hydrogen) atoms. The summed E-state index contributed by atoms with van der Waals surface area (Å²) in [7, 11) is 2.17. The topological polar surface area (TPSA) is 12.0 Å². The van der Waals surface area contributed by atoms with E-state index >= 15 is 0 Å². The van der Waals surface area contributed by atoms with Gasteiger partial charge in [-0.25, -0.2) is 0 Å². The van der Waals surface area contributed by atoms with Gasteiger partial charge in [-0.1, -0.05) is 32.6 Å². The molecule has 1 heteroatoms. The Morgan fingerprint density at radius 2 is 1.86 bits per heavy atom. The Labute approximate surface area is 132 Å². The molecule has 0 aromatic rings.